The molecule has 0 amide bonds. The number of carbonyl (C=O) groups excluding carboxylic acids is 3. The van der Waals surface area contributed by atoms with Gasteiger partial charge in [0.1, 0.15) is 6.10 Å². The van der Waals surface area contributed by atoms with Crippen LogP contribution in [0.25, 0.3) is 0 Å². The van der Waals surface area contributed by atoms with Crippen LogP contribution in [0.2, 0.25) is 0 Å². The first-order chi connectivity index (χ1) is 32.8. The molecule has 3 unspecified atom stereocenters. The van der Waals surface area contributed by atoms with Crippen molar-refractivity contribution in [3.05, 3.63) is 0 Å². The number of unbranched alkanes of at least 4 members (excludes halogenated alkanes) is 30. The van der Waals surface area contributed by atoms with Gasteiger partial charge in [-0.3, -0.25) is 14.4 Å². The maximum atomic E-state index is 13.0. The van der Waals surface area contributed by atoms with Gasteiger partial charge in [0.05, 0.1) is 19.1 Å². The van der Waals surface area contributed by atoms with Crippen molar-refractivity contribution < 1.29 is 28.6 Å². The molecule has 0 aliphatic rings. The Morgan fingerprint density at radius 3 is 1.16 bits per heavy atom. The third kappa shape index (κ3) is 47.8. The smallest absolute Gasteiger partial charge is 0.308 e. The molecular weight excluding hydrogens is 831 g/mol. The predicted molar refractivity (Wildman–Crippen MR) is 288 cm³/mol. The summed E-state index contributed by atoms with van der Waals surface area (Å²) in [7, 11) is 4.16. The van der Waals surface area contributed by atoms with Crippen molar-refractivity contribution in [2.75, 3.05) is 33.9 Å². The van der Waals surface area contributed by atoms with Crippen molar-refractivity contribution >= 4 is 17.9 Å². The van der Waals surface area contributed by atoms with Gasteiger partial charge in [-0.25, -0.2) is 0 Å². The normalized spacial score (nSPS) is 12.9. The zero-order valence-corrected chi connectivity index (χ0v) is 46.1. The van der Waals surface area contributed by atoms with E-state index in [0.717, 1.165) is 96.4 Å². The lowest BCUT2D eigenvalue weighted by Gasteiger charge is -2.18. The molecule has 0 saturated heterocycles. The van der Waals surface area contributed by atoms with E-state index in [2.05, 4.69) is 46.7 Å². The summed E-state index contributed by atoms with van der Waals surface area (Å²) in [5.41, 5.74) is 0. The molecule has 0 aromatic carbocycles. The second kappa shape index (κ2) is 52.2. The van der Waals surface area contributed by atoms with Gasteiger partial charge in [-0.05, 0) is 104 Å². The Kier molecular flexibility index (Phi) is 50.9. The van der Waals surface area contributed by atoms with Gasteiger partial charge < -0.3 is 19.1 Å². The SMILES string of the molecule is CCCCCCCCCC(CCCCCC)C(=O)OCCCCCCCCCC(CCCCCCCCCOC(=O)CC(CCCCCC)CCCCCCCC)OC(=O)CCCCN(C)C. The number of hydrogen-bond acceptors (Lipinski definition) is 7. The van der Waals surface area contributed by atoms with Crippen LogP contribution < -0.4 is 0 Å². The van der Waals surface area contributed by atoms with Gasteiger partial charge >= 0.3 is 17.9 Å². The van der Waals surface area contributed by atoms with Crippen LogP contribution in [0.4, 0.5) is 0 Å². The summed E-state index contributed by atoms with van der Waals surface area (Å²) >= 11 is 0. The molecule has 0 rings (SSSR count). The highest BCUT2D eigenvalue weighted by Gasteiger charge is 2.20. The fraction of sp³-hybridized carbons (Fsp3) is 0.950. The maximum Gasteiger partial charge on any atom is 0.308 e. The van der Waals surface area contributed by atoms with Crippen LogP contribution in [0.3, 0.4) is 0 Å². The molecule has 0 bridgehead atoms. The van der Waals surface area contributed by atoms with Crippen LogP contribution in [0.1, 0.15) is 317 Å². The molecule has 0 radical (unpaired) electrons. The molecule has 0 aliphatic heterocycles. The first kappa shape index (κ1) is 65.4. The maximum absolute atomic E-state index is 13.0. The van der Waals surface area contributed by atoms with Gasteiger partial charge in [-0.2, -0.15) is 0 Å². The van der Waals surface area contributed by atoms with Gasteiger partial charge in [-0.1, -0.05) is 227 Å². The Hall–Kier alpha value is -1.63. The van der Waals surface area contributed by atoms with Crippen molar-refractivity contribution in [1.29, 1.82) is 0 Å². The van der Waals surface area contributed by atoms with E-state index in [1.165, 1.54) is 186 Å². The minimum atomic E-state index is -0.0222. The zero-order valence-electron chi connectivity index (χ0n) is 46.1. The molecule has 0 fully saturated rings. The Morgan fingerprint density at radius 1 is 0.373 bits per heavy atom. The molecule has 0 heterocycles. The number of carbonyl (C=O) groups is 3. The van der Waals surface area contributed by atoms with Gasteiger partial charge in [0.15, 0.2) is 0 Å². The monoisotopic (exact) mass is 948 g/mol. The van der Waals surface area contributed by atoms with Crippen molar-refractivity contribution in [1.82, 2.24) is 4.90 Å². The zero-order chi connectivity index (χ0) is 49.1. The summed E-state index contributed by atoms with van der Waals surface area (Å²) in [4.78, 5) is 40.8. The van der Waals surface area contributed by atoms with Crippen LogP contribution >= 0.6 is 0 Å². The van der Waals surface area contributed by atoms with E-state index in [-0.39, 0.29) is 29.9 Å². The van der Waals surface area contributed by atoms with Crippen LogP contribution in [-0.4, -0.2) is 62.8 Å². The summed E-state index contributed by atoms with van der Waals surface area (Å²) in [6.45, 7) is 11.2. The summed E-state index contributed by atoms with van der Waals surface area (Å²) in [5, 5.41) is 0. The van der Waals surface area contributed by atoms with Crippen LogP contribution in [0.15, 0.2) is 0 Å². The third-order valence-corrected chi connectivity index (χ3v) is 14.2. The summed E-state index contributed by atoms with van der Waals surface area (Å²) in [6.07, 6.45) is 52.1. The number of rotatable bonds is 54. The molecule has 3 atom stereocenters. The molecule has 0 aliphatic carbocycles. The predicted octanol–water partition coefficient (Wildman–Crippen LogP) is 18.4. The molecule has 398 valence electrons. The van der Waals surface area contributed by atoms with E-state index in [1.54, 1.807) is 0 Å². The molecule has 0 aromatic rings. The van der Waals surface area contributed by atoms with Crippen molar-refractivity contribution in [3.8, 4) is 0 Å². The average Bonchev–Trinajstić information content (AvgIpc) is 3.31. The Labute approximate surface area is 418 Å². The fourth-order valence-electron chi connectivity index (χ4n) is 9.66. The fourth-order valence-corrected chi connectivity index (χ4v) is 9.66. The first-order valence-electron chi connectivity index (χ1n) is 29.9. The van der Waals surface area contributed by atoms with Gasteiger partial charge in [0, 0.05) is 12.8 Å². The van der Waals surface area contributed by atoms with Crippen LogP contribution in [0, 0.1) is 11.8 Å². The number of nitrogens with zero attached hydrogens (tertiary/aromatic N) is 1. The minimum absolute atomic E-state index is 0.0202. The summed E-state index contributed by atoms with van der Waals surface area (Å²) < 4.78 is 17.7. The molecule has 7 heteroatoms. The third-order valence-electron chi connectivity index (χ3n) is 14.2. The topological polar surface area (TPSA) is 82.1 Å². The first-order valence-corrected chi connectivity index (χ1v) is 29.9. The van der Waals surface area contributed by atoms with E-state index in [4.69, 9.17) is 14.2 Å². The molecule has 0 spiro atoms. The minimum Gasteiger partial charge on any atom is -0.466 e. The highest BCUT2D eigenvalue weighted by atomic mass is 16.5. The molecular formula is C60H117NO6. The highest BCUT2D eigenvalue weighted by Crippen LogP contribution is 2.24. The van der Waals surface area contributed by atoms with E-state index >= 15 is 0 Å². The van der Waals surface area contributed by atoms with E-state index < -0.39 is 0 Å². The highest BCUT2D eigenvalue weighted by molar-refractivity contribution is 5.72. The molecule has 7 nitrogen and oxygen atoms in total. The van der Waals surface area contributed by atoms with Crippen LogP contribution in [-0.2, 0) is 28.6 Å². The quantitative estimate of drug-likeness (QED) is 0.0341. The standard InChI is InChI=1S/C60H117NO6/c1-7-11-15-19-23-29-37-47-56(46-36-18-14-10-4)60(64)66-53-43-33-27-22-25-31-39-49-57(67-58(62)50-40-41-51-61(5)6)48-38-30-24-21-26-32-42-52-65-59(63)54-55(44-34-17-13-9-3)45-35-28-20-16-12-8-2/h55-57H,7-54H2,1-6H3. The largest absolute Gasteiger partial charge is 0.466 e. The second-order valence-corrected chi connectivity index (χ2v) is 21.2. The summed E-state index contributed by atoms with van der Waals surface area (Å²) in [6, 6.07) is 0. The lowest BCUT2D eigenvalue weighted by Crippen LogP contribution is -2.19. The molecule has 0 N–H and O–H groups in total. The lowest BCUT2D eigenvalue weighted by molar-refractivity contribution is -0.150. The van der Waals surface area contributed by atoms with Crippen molar-refractivity contribution in [3.63, 3.8) is 0 Å². The number of hydrogen-bond donors (Lipinski definition) is 0. The Bertz CT molecular complexity index is 1050. The van der Waals surface area contributed by atoms with E-state index in [0.29, 0.717) is 32.0 Å². The molecule has 0 saturated carbocycles. The Balaban J connectivity index is 4.43. The Morgan fingerprint density at radius 2 is 0.731 bits per heavy atom. The number of ether oxygens (including phenoxy) is 3. The van der Waals surface area contributed by atoms with Gasteiger partial charge in [0.25, 0.3) is 0 Å². The van der Waals surface area contributed by atoms with E-state index in [1.807, 2.05) is 0 Å². The van der Waals surface area contributed by atoms with Gasteiger partial charge in [-0.15, -0.1) is 0 Å². The molecule has 67 heavy (non-hydrogen) atoms. The lowest BCUT2D eigenvalue weighted by atomic mass is 9.91. The average molecular weight is 949 g/mol. The van der Waals surface area contributed by atoms with E-state index in [9.17, 15) is 14.4 Å². The second-order valence-electron chi connectivity index (χ2n) is 21.2. The number of esters is 3. The molecule has 0 aromatic heterocycles. The van der Waals surface area contributed by atoms with Crippen molar-refractivity contribution in [2.45, 2.75) is 323 Å². The summed E-state index contributed by atoms with van der Waals surface area (Å²) in [5.74, 6) is 0.637. The van der Waals surface area contributed by atoms with Crippen LogP contribution in [0.5, 0.6) is 0 Å². The van der Waals surface area contributed by atoms with Crippen molar-refractivity contribution in [2.24, 2.45) is 11.8 Å². The van der Waals surface area contributed by atoms with Gasteiger partial charge in [0.2, 0.25) is 0 Å².